The van der Waals surface area contributed by atoms with Crippen molar-refractivity contribution in [3.8, 4) is 16.8 Å². The number of allylic oxidation sites excluding steroid dienone is 2. The van der Waals surface area contributed by atoms with Crippen molar-refractivity contribution in [2.24, 2.45) is 15.9 Å². The van der Waals surface area contributed by atoms with Crippen LogP contribution in [0.5, 0.6) is 0 Å². The third kappa shape index (κ3) is 5.43. The number of amidine groups is 1. The molecule has 7 aromatic carbocycles. The van der Waals surface area contributed by atoms with Gasteiger partial charge < -0.3 is 9.47 Å². The molecule has 0 amide bonds. The Bertz CT molecular complexity index is 2950. The molecule has 0 saturated heterocycles. The lowest BCUT2D eigenvalue weighted by Crippen LogP contribution is -2.39. The number of para-hydroxylation sites is 3. The Kier molecular flexibility index (Phi) is 8.01. The molecule has 0 radical (unpaired) electrons. The van der Waals surface area contributed by atoms with Gasteiger partial charge in [-0.3, -0.25) is 4.99 Å². The van der Waals surface area contributed by atoms with Crippen LogP contribution in [-0.2, 0) is 5.41 Å². The van der Waals surface area contributed by atoms with Gasteiger partial charge in [-0.2, -0.15) is 0 Å². The number of hydrogen-bond donors (Lipinski definition) is 0. The largest absolute Gasteiger partial charge is 0.333 e. The molecule has 0 N–H and O–H groups in total. The van der Waals surface area contributed by atoms with Crippen molar-refractivity contribution in [1.29, 1.82) is 0 Å². The van der Waals surface area contributed by atoms with Gasteiger partial charge in [0.15, 0.2) is 5.84 Å². The Morgan fingerprint density at radius 3 is 1.93 bits per heavy atom. The van der Waals surface area contributed by atoms with Crippen molar-refractivity contribution in [2.75, 3.05) is 4.90 Å². The topological polar surface area (TPSA) is 32.9 Å². The second kappa shape index (κ2) is 13.6. The lowest BCUT2D eigenvalue weighted by Gasteiger charge is -2.35. The normalized spacial score (nSPS) is 20.9. The van der Waals surface area contributed by atoms with Crippen molar-refractivity contribution in [3.05, 3.63) is 222 Å². The molecule has 1 aliphatic carbocycles. The van der Waals surface area contributed by atoms with E-state index in [0.717, 1.165) is 39.6 Å². The zero-order chi connectivity index (χ0) is 38.8. The predicted molar refractivity (Wildman–Crippen MR) is 242 cm³/mol. The standard InChI is InChI=1S/C54H42N4/c1-36-51(40-23-17-22-39(32-40)37-18-5-3-6-19-37)55-53(38-20-7-4-8-21-38)56-52(36)41-33-42(57-47-27-12-9-24-44(47)45-25-10-13-28-48(45)57)35-43(34-41)58-49-29-14-11-26-46(49)54(2)31-16-15-30-50(54)58/h3-36,50,52H,1-2H3. The molecule has 2 aliphatic heterocycles. The zero-order valence-electron chi connectivity index (χ0n) is 32.6. The van der Waals surface area contributed by atoms with Gasteiger partial charge in [0.05, 0.1) is 28.8 Å². The van der Waals surface area contributed by atoms with Gasteiger partial charge in [0, 0.05) is 44.7 Å². The van der Waals surface area contributed by atoms with E-state index in [1.54, 1.807) is 0 Å². The molecular weight excluding hydrogens is 705 g/mol. The lowest BCUT2D eigenvalue weighted by atomic mass is 9.76. The molecule has 4 heteroatoms. The summed E-state index contributed by atoms with van der Waals surface area (Å²) >= 11 is 0. The van der Waals surface area contributed by atoms with E-state index >= 15 is 0 Å². The van der Waals surface area contributed by atoms with E-state index in [1.807, 2.05) is 0 Å². The second-order valence-corrected chi connectivity index (χ2v) is 16.0. The Balaban J connectivity index is 1.15. The number of nitrogens with zero attached hydrogens (tertiary/aromatic N) is 4. The quantitative estimate of drug-likeness (QED) is 0.167. The van der Waals surface area contributed by atoms with Gasteiger partial charge in [-0.05, 0) is 77.2 Å². The molecule has 1 aromatic heterocycles. The summed E-state index contributed by atoms with van der Waals surface area (Å²) in [4.78, 5) is 13.5. The van der Waals surface area contributed by atoms with Crippen LogP contribution in [-0.4, -0.2) is 22.2 Å². The van der Waals surface area contributed by atoms with E-state index in [2.05, 4.69) is 224 Å². The number of aliphatic imine (C=N–C) groups is 2. The molecule has 11 rings (SSSR count). The Morgan fingerprint density at radius 2 is 1.17 bits per heavy atom. The molecule has 8 aromatic rings. The minimum absolute atomic E-state index is 0.0200. The third-order valence-electron chi connectivity index (χ3n) is 12.6. The minimum Gasteiger partial charge on any atom is -0.333 e. The van der Waals surface area contributed by atoms with E-state index in [0.29, 0.717) is 0 Å². The van der Waals surface area contributed by atoms with Crippen LogP contribution in [0.1, 0.15) is 42.1 Å². The van der Waals surface area contributed by atoms with E-state index < -0.39 is 0 Å². The van der Waals surface area contributed by atoms with Crippen LogP contribution < -0.4 is 4.90 Å². The molecule has 0 bridgehead atoms. The fraction of sp³-hybridized carbons (Fsp3) is 0.111. The molecule has 3 heterocycles. The molecular formula is C54H42N4. The Hall–Kier alpha value is -7.04. The first-order valence-electron chi connectivity index (χ1n) is 20.3. The van der Waals surface area contributed by atoms with Crippen LogP contribution in [0.25, 0.3) is 38.6 Å². The predicted octanol–water partition coefficient (Wildman–Crippen LogP) is 13.0. The SMILES string of the molecule is CC1C(c2cccc(-c3ccccc3)c2)=NC(c2ccccc2)=NC1c1cc(N2c3ccccc3C3(C)C=CC=CC23)cc(-n2c3ccccc3c3ccccc32)c1. The van der Waals surface area contributed by atoms with Crippen molar-refractivity contribution in [1.82, 2.24) is 4.57 Å². The molecule has 4 unspecified atom stereocenters. The zero-order valence-corrected chi connectivity index (χ0v) is 32.6. The number of benzene rings is 7. The molecule has 58 heavy (non-hydrogen) atoms. The lowest BCUT2D eigenvalue weighted by molar-refractivity contribution is 0.550. The van der Waals surface area contributed by atoms with Crippen molar-refractivity contribution < 1.29 is 0 Å². The van der Waals surface area contributed by atoms with E-state index in [1.165, 1.54) is 44.2 Å². The summed E-state index contributed by atoms with van der Waals surface area (Å²) in [6.07, 6.45) is 9.15. The van der Waals surface area contributed by atoms with E-state index in [4.69, 9.17) is 9.98 Å². The first kappa shape index (κ1) is 34.2. The fourth-order valence-electron chi connectivity index (χ4n) is 9.72. The van der Waals surface area contributed by atoms with Crippen LogP contribution in [0, 0.1) is 5.92 Å². The second-order valence-electron chi connectivity index (χ2n) is 16.0. The third-order valence-corrected chi connectivity index (χ3v) is 12.6. The van der Waals surface area contributed by atoms with E-state index in [-0.39, 0.29) is 23.4 Å². The average Bonchev–Trinajstić information content (AvgIpc) is 3.76. The summed E-state index contributed by atoms with van der Waals surface area (Å²) in [6.45, 7) is 4.67. The molecule has 0 fully saturated rings. The van der Waals surface area contributed by atoms with Gasteiger partial charge in [0.1, 0.15) is 0 Å². The summed E-state index contributed by atoms with van der Waals surface area (Å²) in [5, 5.41) is 2.49. The Labute approximate surface area is 339 Å². The summed E-state index contributed by atoms with van der Waals surface area (Å²) in [5.41, 5.74) is 13.7. The van der Waals surface area contributed by atoms with Gasteiger partial charge in [0.25, 0.3) is 0 Å². The van der Waals surface area contributed by atoms with Crippen molar-refractivity contribution in [3.63, 3.8) is 0 Å². The highest BCUT2D eigenvalue weighted by Gasteiger charge is 2.46. The van der Waals surface area contributed by atoms with Gasteiger partial charge in [0.2, 0.25) is 0 Å². The number of hydrogen-bond acceptors (Lipinski definition) is 3. The molecule has 0 saturated carbocycles. The van der Waals surface area contributed by atoms with Gasteiger partial charge in [-0.15, -0.1) is 0 Å². The summed E-state index contributed by atoms with van der Waals surface area (Å²) in [6, 6.07) is 63.5. The molecule has 0 spiro atoms. The first-order valence-corrected chi connectivity index (χ1v) is 20.3. The van der Waals surface area contributed by atoms with Crippen molar-refractivity contribution >= 4 is 44.7 Å². The van der Waals surface area contributed by atoms with Gasteiger partial charge >= 0.3 is 0 Å². The maximum atomic E-state index is 5.59. The maximum Gasteiger partial charge on any atom is 0.155 e. The first-order chi connectivity index (χ1) is 28.5. The highest BCUT2D eigenvalue weighted by atomic mass is 15.2. The van der Waals surface area contributed by atoms with Crippen LogP contribution >= 0.6 is 0 Å². The summed E-state index contributed by atoms with van der Waals surface area (Å²) < 4.78 is 2.45. The molecule has 3 aliphatic rings. The molecule has 278 valence electrons. The van der Waals surface area contributed by atoms with Crippen molar-refractivity contribution in [2.45, 2.75) is 31.3 Å². The molecule has 4 nitrogen and oxygen atoms in total. The smallest absolute Gasteiger partial charge is 0.155 e. The van der Waals surface area contributed by atoms with Crippen LogP contribution in [0.2, 0.25) is 0 Å². The van der Waals surface area contributed by atoms with Crippen LogP contribution in [0.3, 0.4) is 0 Å². The van der Waals surface area contributed by atoms with Gasteiger partial charge in [-0.1, -0.05) is 165 Å². The van der Waals surface area contributed by atoms with Gasteiger partial charge in [-0.25, -0.2) is 4.99 Å². The summed E-state index contributed by atoms with van der Waals surface area (Å²) in [5.74, 6) is 0.737. The molecule has 4 atom stereocenters. The van der Waals surface area contributed by atoms with Crippen LogP contribution in [0.4, 0.5) is 11.4 Å². The highest BCUT2D eigenvalue weighted by molar-refractivity contribution is 6.15. The van der Waals surface area contributed by atoms with Crippen LogP contribution in [0.15, 0.2) is 210 Å². The monoisotopic (exact) mass is 746 g/mol. The summed E-state index contributed by atoms with van der Waals surface area (Å²) in [7, 11) is 0. The fourth-order valence-corrected chi connectivity index (χ4v) is 9.72. The average molecular weight is 747 g/mol. The Morgan fingerprint density at radius 1 is 0.552 bits per heavy atom. The number of aromatic nitrogens is 1. The number of anilines is 2. The van der Waals surface area contributed by atoms with E-state index in [9.17, 15) is 0 Å². The minimum atomic E-state index is -0.207. The number of rotatable bonds is 6. The number of fused-ring (bicyclic) bond motifs is 6. The maximum absolute atomic E-state index is 5.59. The highest BCUT2D eigenvalue weighted by Crippen LogP contribution is 2.52.